The molecule has 3 rings (SSSR count). The molecule has 0 bridgehead atoms. The minimum Gasteiger partial charge on any atom is -0.508 e. The summed E-state index contributed by atoms with van der Waals surface area (Å²) in [7, 11) is 0. The van der Waals surface area contributed by atoms with Gasteiger partial charge in [0.1, 0.15) is 11.4 Å². The molecule has 2 unspecified atom stereocenters. The maximum absolute atomic E-state index is 12.9. The summed E-state index contributed by atoms with van der Waals surface area (Å²) in [5, 5.41) is 9.37. The maximum atomic E-state index is 12.9. The van der Waals surface area contributed by atoms with Gasteiger partial charge in [0.15, 0.2) is 11.8 Å². The molecule has 2 aromatic carbocycles. The van der Waals surface area contributed by atoms with Crippen molar-refractivity contribution in [1.29, 1.82) is 0 Å². The lowest BCUT2D eigenvalue weighted by Crippen LogP contribution is -2.56. The lowest BCUT2D eigenvalue weighted by Gasteiger charge is -2.40. The minimum absolute atomic E-state index is 0.106. The molecule has 1 N–H and O–H groups in total. The van der Waals surface area contributed by atoms with Crippen LogP contribution in [0.1, 0.15) is 32.3 Å². The summed E-state index contributed by atoms with van der Waals surface area (Å²) in [6.45, 7) is 4.28. The number of Topliss-reactive ketones (excluding diaryl/α,β-unsaturated/α-hetero) is 1. The van der Waals surface area contributed by atoms with Crippen molar-refractivity contribution in [1.82, 2.24) is 0 Å². The van der Waals surface area contributed by atoms with Crippen molar-refractivity contribution in [3.05, 3.63) is 60.2 Å². The fraction of sp³-hybridized carbons (Fsp3) is 0.364. The second-order valence-corrected chi connectivity index (χ2v) is 7.20. The fourth-order valence-electron chi connectivity index (χ4n) is 3.58. The molecule has 0 spiro atoms. The molecule has 27 heavy (non-hydrogen) atoms. The second kappa shape index (κ2) is 7.82. The van der Waals surface area contributed by atoms with E-state index >= 15 is 0 Å². The quantitative estimate of drug-likeness (QED) is 0.625. The van der Waals surface area contributed by atoms with Crippen LogP contribution >= 0.6 is 0 Å². The van der Waals surface area contributed by atoms with Gasteiger partial charge in [0.2, 0.25) is 0 Å². The van der Waals surface area contributed by atoms with E-state index < -0.39 is 17.6 Å². The van der Waals surface area contributed by atoms with Crippen molar-refractivity contribution in [3.8, 4) is 5.75 Å². The summed E-state index contributed by atoms with van der Waals surface area (Å²) in [6.07, 6.45) is 1.42. The highest BCUT2D eigenvalue weighted by Gasteiger charge is 2.46. The number of likely N-dealkylation sites (N-methyl/N-ethyl adjacent to an activating group) is 1. The standard InChI is InChI=1S/C22H25NO4/c1-3-23(17-7-5-4-6-8-17)20-19(25)15-22(2,27-21(20)26)14-13-16-9-11-18(24)12-10-16/h4-12,20,24H,3,13-15H2,1-2H3. The highest BCUT2D eigenvalue weighted by atomic mass is 16.6. The third-order valence-corrected chi connectivity index (χ3v) is 5.04. The molecule has 1 saturated heterocycles. The van der Waals surface area contributed by atoms with Gasteiger partial charge in [-0.2, -0.15) is 0 Å². The number of phenolic OH excluding ortho intramolecular Hbond substituents is 1. The van der Waals surface area contributed by atoms with Gasteiger partial charge in [0, 0.05) is 18.7 Å². The van der Waals surface area contributed by atoms with Crippen molar-refractivity contribution in [2.75, 3.05) is 11.4 Å². The molecule has 1 aliphatic rings. The number of anilines is 1. The van der Waals surface area contributed by atoms with Gasteiger partial charge in [-0.1, -0.05) is 30.3 Å². The van der Waals surface area contributed by atoms with E-state index in [4.69, 9.17) is 4.74 Å². The number of phenols is 1. The number of para-hydroxylation sites is 1. The van der Waals surface area contributed by atoms with Crippen LogP contribution in [0.3, 0.4) is 0 Å². The number of carbonyl (C=O) groups is 2. The molecule has 1 fully saturated rings. The Bertz CT molecular complexity index is 783. The number of nitrogens with zero attached hydrogens (tertiary/aromatic N) is 1. The van der Waals surface area contributed by atoms with E-state index in [1.165, 1.54) is 0 Å². The predicted octanol–water partition coefficient (Wildman–Crippen LogP) is 3.49. The molecular weight excluding hydrogens is 342 g/mol. The number of aryl methyl sites for hydroxylation is 1. The SMILES string of the molecule is CCN(c1ccccc1)C1C(=O)CC(C)(CCc2ccc(O)cc2)OC1=O. The topological polar surface area (TPSA) is 66.8 Å². The van der Waals surface area contributed by atoms with Crippen LogP contribution in [0.4, 0.5) is 5.69 Å². The van der Waals surface area contributed by atoms with Crippen LogP contribution in [0, 0.1) is 0 Å². The van der Waals surface area contributed by atoms with Gasteiger partial charge >= 0.3 is 5.97 Å². The molecule has 0 aliphatic carbocycles. The monoisotopic (exact) mass is 367 g/mol. The number of carbonyl (C=O) groups excluding carboxylic acids is 2. The summed E-state index contributed by atoms with van der Waals surface area (Å²) < 4.78 is 5.76. The van der Waals surface area contributed by atoms with Crippen LogP contribution in [-0.4, -0.2) is 35.0 Å². The zero-order valence-corrected chi connectivity index (χ0v) is 15.7. The Hall–Kier alpha value is -2.82. The molecule has 1 aliphatic heterocycles. The van der Waals surface area contributed by atoms with Crippen LogP contribution in [0.2, 0.25) is 0 Å². The van der Waals surface area contributed by atoms with Crippen molar-refractivity contribution in [3.63, 3.8) is 0 Å². The molecule has 0 aromatic heterocycles. The number of aromatic hydroxyl groups is 1. The fourth-order valence-corrected chi connectivity index (χ4v) is 3.58. The van der Waals surface area contributed by atoms with E-state index in [9.17, 15) is 14.7 Å². The first-order valence-electron chi connectivity index (χ1n) is 9.27. The molecule has 0 amide bonds. The van der Waals surface area contributed by atoms with Crippen LogP contribution in [0.15, 0.2) is 54.6 Å². The Morgan fingerprint density at radius 1 is 1.11 bits per heavy atom. The first-order valence-corrected chi connectivity index (χ1v) is 9.27. The molecule has 1 heterocycles. The van der Waals surface area contributed by atoms with Gasteiger partial charge in [0.05, 0.1) is 0 Å². The van der Waals surface area contributed by atoms with Crippen molar-refractivity contribution < 1.29 is 19.4 Å². The zero-order valence-electron chi connectivity index (χ0n) is 15.7. The number of benzene rings is 2. The third-order valence-electron chi connectivity index (χ3n) is 5.04. The van der Waals surface area contributed by atoms with E-state index in [0.29, 0.717) is 19.4 Å². The van der Waals surface area contributed by atoms with E-state index in [0.717, 1.165) is 11.3 Å². The van der Waals surface area contributed by atoms with Gasteiger partial charge in [-0.05, 0) is 56.5 Å². The number of hydrogen-bond donors (Lipinski definition) is 1. The highest BCUT2D eigenvalue weighted by Crippen LogP contribution is 2.32. The summed E-state index contributed by atoms with van der Waals surface area (Å²) in [5.41, 5.74) is 1.06. The number of ether oxygens (including phenoxy) is 1. The van der Waals surface area contributed by atoms with Crippen molar-refractivity contribution in [2.45, 2.75) is 44.8 Å². The first kappa shape index (κ1) is 19.0. The van der Waals surface area contributed by atoms with E-state index in [1.54, 1.807) is 17.0 Å². The first-order chi connectivity index (χ1) is 12.9. The molecule has 2 atom stereocenters. The molecule has 142 valence electrons. The molecule has 5 heteroatoms. The summed E-state index contributed by atoms with van der Waals surface area (Å²) in [5.74, 6) is -0.372. The van der Waals surface area contributed by atoms with Gasteiger partial charge in [-0.3, -0.25) is 4.79 Å². The highest BCUT2D eigenvalue weighted by molar-refractivity contribution is 6.08. The van der Waals surface area contributed by atoms with E-state index in [2.05, 4.69) is 0 Å². The lowest BCUT2D eigenvalue weighted by molar-refractivity contribution is -0.171. The molecular formula is C22H25NO4. The van der Waals surface area contributed by atoms with E-state index in [-0.39, 0.29) is 18.0 Å². The Labute approximate surface area is 159 Å². The Kier molecular flexibility index (Phi) is 5.49. The largest absolute Gasteiger partial charge is 0.508 e. The van der Waals surface area contributed by atoms with Crippen LogP contribution in [-0.2, 0) is 20.7 Å². The normalized spacial score (nSPS) is 22.4. The minimum atomic E-state index is -0.890. The van der Waals surface area contributed by atoms with Crippen LogP contribution in [0.25, 0.3) is 0 Å². The molecule has 2 aromatic rings. The Balaban J connectivity index is 1.71. The summed E-state index contributed by atoms with van der Waals surface area (Å²) in [4.78, 5) is 27.4. The van der Waals surface area contributed by atoms with Gasteiger partial charge in [-0.15, -0.1) is 0 Å². The van der Waals surface area contributed by atoms with Crippen LogP contribution in [0.5, 0.6) is 5.75 Å². The predicted molar refractivity (Wildman–Crippen MR) is 104 cm³/mol. The second-order valence-electron chi connectivity index (χ2n) is 7.20. The maximum Gasteiger partial charge on any atom is 0.337 e. The Morgan fingerprint density at radius 2 is 1.78 bits per heavy atom. The summed E-state index contributed by atoms with van der Waals surface area (Å²) in [6, 6.07) is 15.5. The molecule has 0 radical (unpaired) electrons. The third kappa shape index (κ3) is 4.30. The smallest absolute Gasteiger partial charge is 0.337 e. The van der Waals surface area contributed by atoms with E-state index in [1.807, 2.05) is 56.3 Å². The number of ketones is 1. The number of esters is 1. The molecule has 5 nitrogen and oxygen atoms in total. The average Bonchev–Trinajstić information content (AvgIpc) is 2.65. The summed E-state index contributed by atoms with van der Waals surface area (Å²) >= 11 is 0. The van der Waals surface area contributed by atoms with Crippen LogP contribution < -0.4 is 4.90 Å². The Morgan fingerprint density at radius 3 is 2.37 bits per heavy atom. The zero-order chi connectivity index (χ0) is 19.4. The van der Waals surface area contributed by atoms with Crippen molar-refractivity contribution in [2.24, 2.45) is 0 Å². The van der Waals surface area contributed by atoms with Gasteiger partial charge < -0.3 is 14.7 Å². The molecule has 0 saturated carbocycles. The lowest BCUT2D eigenvalue weighted by atomic mass is 9.86. The van der Waals surface area contributed by atoms with Crippen molar-refractivity contribution >= 4 is 17.4 Å². The van der Waals surface area contributed by atoms with Gasteiger partial charge in [0.25, 0.3) is 0 Å². The number of hydrogen-bond acceptors (Lipinski definition) is 5. The number of rotatable bonds is 6. The van der Waals surface area contributed by atoms with Gasteiger partial charge in [-0.25, -0.2) is 4.79 Å². The number of cyclic esters (lactones) is 1. The average molecular weight is 367 g/mol.